The smallest absolute Gasteiger partial charge is 0.316 e. The number of halogens is 1. The second-order valence-electron chi connectivity index (χ2n) is 7.03. The van der Waals surface area contributed by atoms with E-state index in [1.54, 1.807) is 48.9 Å². The van der Waals surface area contributed by atoms with Crippen LogP contribution >= 0.6 is 11.6 Å². The predicted octanol–water partition coefficient (Wildman–Crippen LogP) is 4.72. The Hall–Kier alpha value is -4.04. The molecular weight excluding hydrogens is 430 g/mol. The number of amides is 1. The van der Waals surface area contributed by atoms with Crippen LogP contribution in [0.15, 0.2) is 70.7 Å². The summed E-state index contributed by atoms with van der Waals surface area (Å²) in [5.41, 5.74) is 4.78. The number of nitrogens with zero attached hydrogens (tertiary/aromatic N) is 4. The van der Waals surface area contributed by atoms with Crippen LogP contribution in [-0.4, -0.2) is 33.7 Å². The van der Waals surface area contributed by atoms with E-state index in [-0.39, 0.29) is 11.7 Å². The zero-order chi connectivity index (χ0) is 22.1. The van der Waals surface area contributed by atoms with Gasteiger partial charge >= 0.3 is 6.01 Å². The Bertz CT molecular complexity index is 1330. The highest BCUT2D eigenvalue weighted by atomic mass is 35.5. The third-order valence-corrected chi connectivity index (χ3v) is 5.30. The molecule has 3 aromatic heterocycles. The predicted molar refractivity (Wildman–Crippen MR) is 120 cm³/mol. The molecule has 8 nitrogen and oxygen atoms in total. The Balaban J connectivity index is 1.38. The van der Waals surface area contributed by atoms with Crippen molar-refractivity contribution in [2.75, 3.05) is 12.4 Å². The fourth-order valence-corrected chi connectivity index (χ4v) is 3.62. The van der Waals surface area contributed by atoms with E-state index in [0.717, 1.165) is 28.0 Å². The molecule has 4 heterocycles. The van der Waals surface area contributed by atoms with Crippen molar-refractivity contribution in [3.63, 3.8) is 0 Å². The van der Waals surface area contributed by atoms with Crippen LogP contribution in [0.5, 0.6) is 6.01 Å². The minimum atomic E-state index is -0.340. The van der Waals surface area contributed by atoms with E-state index < -0.39 is 0 Å². The zero-order valence-corrected chi connectivity index (χ0v) is 17.6. The van der Waals surface area contributed by atoms with Crippen LogP contribution in [0.4, 0.5) is 11.5 Å². The number of anilines is 1. The van der Waals surface area contributed by atoms with Gasteiger partial charge in [-0.05, 0) is 36.4 Å². The van der Waals surface area contributed by atoms with Gasteiger partial charge in [-0.2, -0.15) is 0 Å². The fourth-order valence-electron chi connectivity index (χ4n) is 3.39. The summed E-state index contributed by atoms with van der Waals surface area (Å²) in [6.07, 6.45) is 7.12. The van der Waals surface area contributed by atoms with Crippen molar-refractivity contribution in [3.8, 4) is 17.1 Å². The molecule has 0 saturated heterocycles. The van der Waals surface area contributed by atoms with Crippen LogP contribution in [0.3, 0.4) is 0 Å². The number of pyridine rings is 1. The minimum absolute atomic E-state index is 0.228. The molecule has 0 saturated carbocycles. The number of furan rings is 1. The van der Waals surface area contributed by atoms with Gasteiger partial charge in [0.25, 0.3) is 5.91 Å². The van der Waals surface area contributed by atoms with Crippen LogP contribution < -0.4 is 10.1 Å². The lowest BCUT2D eigenvalue weighted by molar-refractivity contribution is 0.0996. The average molecular weight is 446 g/mol. The first-order valence-electron chi connectivity index (χ1n) is 9.68. The molecule has 9 heteroatoms. The van der Waals surface area contributed by atoms with E-state index in [4.69, 9.17) is 20.8 Å². The van der Waals surface area contributed by atoms with Gasteiger partial charge in [-0.3, -0.25) is 4.79 Å². The van der Waals surface area contributed by atoms with E-state index in [9.17, 15) is 4.79 Å². The lowest BCUT2D eigenvalue weighted by atomic mass is 10.0. The summed E-state index contributed by atoms with van der Waals surface area (Å²) >= 11 is 6.45. The molecule has 0 aliphatic carbocycles. The third kappa shape index (κ3) is 3.83. The van der Waals surface area contributed by atoms with Crippen molar-refractivity contribution in [2.24, 2.45) is 4.99 Å². The summed E-state index contributed by atoms with van der Waals surface area (Å²) in [4.78, 5) is 29.7. The second kappa shape index (κ2) is 8.24. The van der Waals surface area contributed by atoms with Crippen molar-refractivity contribution in [1.82, 2.24) is 15.0 Å². The molecule has 1 N–H and O–H groups in total. The number of nitrogens with one attached hydrogen (secondary N) is 1. The molecule has 1 amide bonds. The number of carbonyl (C=O) groups is 1. The molecular formula is C23H16ClN5O3. The monoisotopic (exact) mass is 445 g/mol. The van der Waals surface area contributed by atoms with Crippen LogP contribution in [0.2, 0.25) is 5.02 Å². The van der Waals surface area contributed by atoms with Crippen molar-refractivity contribution in [3.05, 3.63) is 83.2 Å². The van der Waals surface area contributed by atoms with Crippen LogP contribution in [0.1, 0.15) is 21.7 Å². The first-order chi connectivity index (χ1) is 15.6. The van der Waals surface area contributed by atoms with Crippen LogP contribution in [-0.2, 0) is 6.42 Å². The Kier molecular flexibility index (Phi) is 5.12. The molecule has 1 aliphatic heterocycles. The summed E-state index contributed by atoms with van der Waals surface area (Å²) in [6.45, 7) is 0. The molecule has 0 bridgehead atoms. The molecule has 1 aliphatic rings. The maximum absolute atomic E-state index is 12.3. The van der Waals surface area contributed by atoms with Crippen molar-refractivity contribution in [2.45, 2.75) is 6.42 Å². The first-order valence-corrected chi connectivity index (χ1v) is 10.1. The summed E-state index contributed by atoms with van der Waals surface area (Å²) in [7, 11) is 1.52. The summed E-state index contributed by atoms with van der Waals surface area (Å²) in [5.74, 6) is 0.526. The number of carbonyl (C=O) groups excluding carboxylic acids is 1. The summed E-state index contributed by atoms with van der Waals surface area (Å²) < 4.78 is 10.1. The van der Waals surface area contributed by atoms with Crippen molar-refractivity contribution < 1.29 is 13.9 Å². The van der Waals surface area contributed by atoms with E-state index in [0.29, 0.717) is 29.0 Å². The number of rotatable bonds is 5. The van der Waals surface area contributed by atoms with Gasteiger partial charge in [0.1, 0.15) is 0 Å². The number of benzene rings is 1. The third-order valence-electron chi connectivity index (χ3n) is 4.97. The minimum Gasteiger partial charge on any atom is -0.467 e. The van der Waals surface area contributed by atoms with E-state index in [1.165, 1.54) is 13.4 Å². The maximum atomic E-state index is 12.3. The highest BCUT2D eigenvalue weighted by Gasteiger charge is 2.21. The number of ether oxygens (including phenoxy) is 1. The quantitative estimate of drug-likeness (QED) is 0.476. The normalized spacial score (nSPS) is 12.2. The Labute approximate surface area is 188 Å². The van der Waals surface area contributed by atoms with Gasteiger partial charge in [0.2, 0.25) is 0 Å². The number of fused-ring (bicyclic) bond motifs is 1. The maximum Gasteiger partial charge on any atom is 0.316 e. The first kappa shape index (κ1) is 19.9. The highest BCUT2D eigenvalue weighted by molar-refractivity contribution is 6.34. The fraction of sp³-hybridized carbons (Fsp3) is 0.0870. The van der Waals surface area contributed by atoms with Crippen LogP contribution in [0.25, 0.3) is 11.1 Å². The van der Waals surface area contributed by atoms with E-state index in [2.05, 4.69) is 25.3 Å². The second-order valence-corrected chi connectivity index (χ2v) is 7.43. The molecule has 0 fully saturated rings. The van der Waals surface area contributed by atoms with Gasteiger partial charge in [0, 0.05) is 58.0 Å². The van der Waals surface area contributed by atoms with Crippen molar-refractivity contribution in [1.29, 1.82) is 0 Å². The van der Waals surface area contributed by atoms with Gasteiger partial charge < -0.3 is 14.5 Å². The molecule has 0 spiro atoms. The number of aliphatic imine (C=N–C) groups is 1. The van der Waals surface area contributed by atoms with Crippen LogP contribution in [0, 0.1) is 0 Å². The molecule has 5 rings (SSSR count). The molecule has 0 atom stereocenters. The highest BCUT2D eigenvalue weighted by Crippen LogP contribution is 2.33. The van der Waals surface area contributed by atoms with Gasteiger partial charge in [0.15, 0.2) is 11.6 Å². The summed E-state index contributed by atoms with van der Waals surface area (Å²) in [5, 5.41) is 3.35. The van der Waals surface area contributed by atoms with Gasteiger partial charge in [-0.25, -0.2) is 19.9 Å². The number of methoxy groups -OCH3 is 1. The molecule has 0 radical (unpaired) electrons. The molecule has 158 valence electrons. The van der Waals surface area contributed by atoms with Gasteiger partial charge in [-0.1, -0.05) is 11.6 Å². The zero-order valence-electron chi connectivity index (χ0n) is 16.9. The molecule has 1 aromatic carbocycles. The van der Waals surface area contributed by atoms with E-state index in [1.807, 2.05) is 6.07 Å². The summed E-state index contributed by atoms with van der Waals surface area (Å²) in [6, 6.07) is 10.8. The lowest BCUT2D eigenvalue weighted by Crippen LogP contribution is -2.11. The topological polar surface area (TPSA) is 103 Å². The molecule has 32 heavy (non-hydrogen) atoms. The number of aromatic nitrogens is 3. The Morgan fingerprint density at radius 2 is 1.91 bits per heavy atom. The number of hydrogen-bond donors (Lipinski definition) is 1. The average Bonchev–Trinajstić information content (AvgIpc) is 3.50. The Morgan fingerprint density at radius 1 is 1.09 bits per heavy atom. The molecule has 4 aromatic rings. The largest absolute Gasteiger partial charge is 0.467 e. The number of hydrogen-bond acceptors (Lipinski definition) is 7. The van der Waals surface area contributed by atoms with E-state index >= 15 is 0 Å². The Morgan fingerprint density at radius 3 is 2.66 bits per heavy atom. The van der Waals surface area contributed by atoms with Gasteiger partial charge in [-0.15, -0.1) is 0 Å². The van der Waals surface area contributed by atoms with Gasteiger partial charge in [0.05, 0.1) is 19.1 Å². The van der Waals surface area contributed by atoms with Crippen molar-refractivity contribution >= 4 is 34.7 Å². The SMILES string of the molecule is COc1ncc(-c2cnc3c(c2)CC(c2cc(NC(=O)c4ccco4)ccc2Cl)=N3)cn1. The lowest BCUT2D eigenvalue weighted by Gasteiger charge is -2.08. The standard InChI is InChI=1S/C23H16ClN5O3/c1-31-23-26-11-15(12-27-23)14-7-13-8-19(29-21(13)25-10-14)17-9-16(4-5-18(17)24)28-22(30)20-3-2-6-32-20/h2-7,9-12H,8H2,1H3,(H,28,30). The molecule has 0 unspecified atom stereocenters.